The SMILES string of the molecule is Cc1cc(NC(O)c2nn(C3CC4CCC3C4)c3ncnc(N)c23)n[nH]1. The smallest absolute Gasteiger partial charge is 0.171 e. The van der Waals surface area contributed by atoms with Gasteiger partial charge in [-0.05, 0) is 38.0 Å². The first-order valence-corrected chi connectivity index (χ1v) is 9.05. The van der Waals surface area contributed by atoms with Crippen LogP contribution in [-0.4, -0.2) is 35.1 Å². The quantitative estimate of drug-likeness (QED) is 0.526. The predicted molar refractivity (Wildman–Crippen MR) is 96.1 cm³/mol. The third kappa shape index (κ3) is 2.34. The lowest BCUT2D eigenvalue weighted by Gasteiger charge is -2.22. The van der Waals surface area contributed by atoms with E-state index in [2.05, 4.69) is 25.5 Å². The maximum atomic E-state index is 10.7. The van der Waals surface area contributed by atoms with Gasteiger partial charge in [0.25, 0.3) is 0 Å². The molecule has 2 saturated carbocycles. The lowest BCUT2D eigenvalue weighted by Crippen LogP contribution is -2.18. The number of hydrogen-bond acceptors (Lipinski definition) is 7. The van der Waals surface area contributed by atoms with Crippen LogP contribution < -0.4 is 11.1 Å². The van der Waals surface area contributed by atoms with Crippen LogP contribution in [0.15, 0.2) is 12.4 Å². The molecule has 0 radical (unpaired) electrons. The highest BCUT2D eigenvalue weighted by atomic mass is 16.3. The fourth-order valence-corrected chi connectivity index (χ4v) is 4.66. The molecule has 0 aliphatic heterocycles. The van der Waals surface area contributed by atoms with Crippen molar-refractivity contribution in [2.45, 2.75) is 44.9 Å². The summed E-state index contributed by atoms with van der Waals surface area (Å²) in [7, 11) is 0. The highest BCUT2D eigenvalue weighted by Gasteiger charge is 2.42. The van der Waals surface area contributed by atoms with Crippen molar-refractivity contribution in [3.05, 3.63) is 23.8 Å². The maximum Gasteiger partial charge on any atom is 0.171 e. The molecule has 9 heteroatoms. The Hall–Kier alpha value is -2.68. The van der Waals surface area contributed by atoms with Gasteiger partial charge in [0.2, 0.25) is 0 Å². The Balaban J connectivity index is 1.56. The molecule has 3 aromatic heterocycles. The van der Waals surface area contributed by atoms with Crippen LogP contribution in [0, 0.1) is 18.8 Å². The standard InChI is InChI=1S/C17H22N8O/c1-8-4-12(23-22-8)21-17(26)14-13-15(18)19-7-20-16(13)25(24-14)11-6-9-2-3-10(11)5-9/h4,7,9-11,17,26H,2-3,5-6H2,1H3,(H2,18,19,20)(H2,21,22,23). The van der Waals surface area contributed by atoms with Gasteiger partial charge in [0.1, 0.15) is 23.7 Å². The Kier molecular flexibility index (Phi) is 3.39. The molecule has 4 atom stereocenters. The van der Waals surface area contributed by atoms with Gasteiger partial charge in [-0.15, -0.1) is 0 Å². The summed E-state index contributed by atoms with van der Waals surface area (Å²) in [6.07, 6.45) is 5.34. The van der Waals surface area contributed by atoms with Gasteiger partial charge in [-0.1, -0.05) is 6.42 Å². The van der Waals surface area contributed by atoms with Crippen molar-refractivity contribution in [1.82, 2.24) is 29.9 Å². The lowest BCUT2D eigenvalue weighted by molar-refractivity contribution is 0.200. The minimum Gasteiger partial charge on any atom is -0.383 e. The number of anilines is 2. The second-order valence-corrected chi connectivity index (χ2v) is 7.51. The number of nitrogen functional groups attached to an aromatic ring is 1. The summed E-state index contributed by atoms with van der Waals surface area (Å²) in [5.74, 6) is 2.29. The first kappa shape index (κ1) is 15.6. The molecule has 3 aromatic rings. The van der Waals surface area contributed by atoms with Gasteiger partial charge in [0, 0.05) is 11.8 Å². The number of rotatable bonds is 4. The first-order chi connectivity index (χ1) is 12.6. The van der Waals surface area contributed by atoms with Crippen molar-refractivity contribution in [3.63, 3.8) is 0 Å². The van der Waals surface area contributed by atoms with Gasteiger partial charge in [-0.25, -0.2) is 14.6 Å². The summed E-state index contributed by atoms with van der Waals surface area (Å²) < 4.78 is 1.97. The van der Waals surface area contributed by atoms with E-state index < -0.39 is 6.23 Å². The molecule has 0 spiro atoms. The Morgan fingerprint density at radius 2 is 2.23 bits per heavy atom. The minimum absolute atomic E-state index is 0.319. The van der Waals surface area contributed by atoms with E-state index in [0.717, 1.165) is 18.0 Å². The number of nitrogens with one attached hydrogen (secondary N) is 2. The molecule has 3 heterocycles. The average molecular weight is 354 g/mol. The van der Waals surface area contributed by atoms with E-state index in [1.807, 2.05) is 17.7 Å². The van der Waals surface area contributed by atoms with Gasteiger partial charge >= 0.3 is 0 Å². The fraction of sp³-hybridized carbons (Fsp3) is 0.529. The van der Waals surface area contributed by atoms with Crippen LogP contribution in [0.25, 0.3) is 11.0 Å². The van der Waals surface area contributed by atoms with Crippen molar-refractivity contribution in [1.29, 1.82) is 0 Å². The van der Waals surface area contributed by atoms with Crippen LogP contribution in [-0.2, 0) is 0 Å². The molecular weight excluding hydrogens is 332 g/mol. The topological polar surface area (TPSA) is 131 Å². The monoisotopic (exact) mass is 354 g/mol. The number of H-pyrrole nitrogens is 1. The molecule has 4 unspecified atom stereocenters. The van der Waals surface area contributed by atoms with Gasteiger partial charge in [-0.2, -0.15) is 10.2 Å². The molecule has 5 N–H and O–H groups in total. The lowest BCUT2D eigenvalue weighted by atomic mass is 9.95. The van der Waals surface area contributed by atoms with E-state index in [1.54, 1.807) is 0 Å². The summed E-state index contributed by atoms with van der Waals surface area (Å²) >= 11 is 0. The molecule has 9 nitrogen and oxygen atoms in total. The maximum absolute atomic E-state index is 10.7. The predicted octanol–water partition coefficient (Wildman–Crippen LogP) is 1.90. The van der Waals surface area contributed by atoms with Gasteiger partial charge in [0.15, 0.2) is 11.9 Å². The molecule has 2 fully saturated rings. The minimum atomic E-state index is -1.05. The zero-order valence-corrected chi connectivity index (χ0v) is 14.6. The molecular formula is C17H22N8O. The van der Waals surface area contributed by atoms with Crippen molar-refractivity contribution >= 4 is 22.7 Å². The number of aryl methyl sites for hydroxylation is 1. The van der Waals surface area contributed by atoms with E-state index in [4.69, 9.17) is 10.8 Å². The third-order valence-corrected chi connectivity index (χ3v) is 5.81. The number of nitrogens with zero attached hydrogens (tertiary/aromatic N) is 5. The number of fused-ring (bicyclic) bond motifs is 3. The molecule has 2 aliphatic carbocycles. The Labute approximate surface area is 150 Å². The first-order valence-electron chi connectivity index (χ1n) is 9.05. The third-order valence-electron chi connectivity index (χ3n) is 5.81. The summed E-state index contributed by atoms with van der Waals surface area (Å²) in [5.41, 5.74) is 8.16. The van der Waals surface area contributed by atoms with Crippen molar-refractivity contribution < 1.29 is 5.11 Å². The molecule has 0 amide bonds. The number of aromatic nitrogens is 6. The molecule has 0 aromatic carbocycles. The summed E-state index contributed by atoms with van der Waals surface area (Å²) in [6, 6.07) is 2.14. The van der Waals surface area contributed by atoms with E-state index >= 15 is 0 Å². The summed E-state index contributed by atoms with van der Waals surface area (Å²) in [4.78, 5) is 8.54. The molecule has 136 valence electrons. The van der Waals surface area contributed by atoms with Crippen molar-refractivity contribution in [2.24, 2.45) is 11.8 Å². The zero-order chi connectivity index (χ0) is 17.8. The highest BCUT2D eigenvalue weighted by Crippen LogP contribution is 2.51. The molecule has 2 aliphatic rings. The largest absolute Gasteiger partial charge is 0.383 e. The van der Waals surface area contributed by atoms with Crippen LogP contribution in [0.3, 0.4) is 0 Å². The molecule has 26 heavy (non-hydrogen) atoms. The van der Waals surface area contributed by atoms with E-state index in [1.165, 1.54) is 25.6 Å². The van der Waals surface area contributed by atoms with Crippen LogP contribution >= 0.6 is 0 Å². The number of hydrogen-bond donors (Lipinski definition) is 4. The highest BCUT2D eigenvalue weighted by molar-refractivity contribution is 5.88. The van der Waals surface area contributed by atoms with E-state index in [-0.39, 0.29) is 0 Å². The summed E-state index contributed by atoms with van der Waals surface area (Å²) in [5, 5.41) is 26.0. The van der Waals surface area contributed by atoms with Crippen molar-refractivity contribution in [3.8, 4) is 0 Å². The van der Waals surface area contributed by atoms with Crippen LogP contribution in [0.2, 0.25) is 0 Å². The molecule has 0 saturated heterocycles. The normalized spacial score (nSPS) is 25.8. The molecule has 5 rings (SSSR count). The average Bonchev–Trinajstić information content (AvgIpc) is 3.37. The van der Waals surface area contributed by atoms with Crippen molar-refractivity contribution in [2.75, 3.05) is 11.1 Å². The van der Waals surface area contributed by atoms with Crippen LogP contribution in [0.4, 0.5) is 11.6 Å². The Morgan fingerprint density at radius 1 is 1.35 bits per heavy atom. The van der Waals surface area contributed by atoms with Gasteiger partial charge in [-0.3, -0.25) is 5.10 Å². The second-order valence-electron chi connectivity index (χ2n) is 7.51. The van der Waals surface area contributed by atoms with Crippen LogP contribution in [0.5, 0.6) is 0 Å². The van der Waals surface area contributed by atoms with Gasteiger partial charge < -0.3 is 16.2 Å². The van der Waals surface area contributed by atoms with E-state index in [0.29, 0.717) is 40.3 Å². The Bertz CT molecular complexity index is 963. The number of aliphatic hydroxyl groups is 1. The fourth-order valence-electron chi connectivity index (χ4n) is 4.66. The number of nitrogens with two attached hydrogens (primary N) is 1. The Morgan fingerprint density at radius 3 is 2.92 bits per heavy atom. The second kappa shape index (κ2) is 5.66. The zero-order valence-electron chi connectivity index (χ0n) is 14.6. The summed E-state index contributed by atoms with van der Waals surface area (Å²) in [6.45, 7) is 1.90. The number of aliphatic hydroxyl groups excluding tert-OH is 1. The van der Waals surface area contributed by atoms with E-state index in [9.17, 15) is 5.11 Å². The van der Waals surface area contributed by atoms with Crippen LogP contribution in [0.1, 0.15) is 49.3 Å². The van der Waals surface area contributed by atoms with Gasteiger partial charge in [0.05, 0.1) is 11.4 Å². The molecule has 2 bridgehead atoms. The number of aromatic amines is 1.